The average molecular weight is 371 g/mol. The molecule has 1 aliphatic rings. The Hall–Kier alpha value is -2.41. The van der Waals surface area contributed by atoms with Crippen molar-refractivity contribution in [3.8, 4) is 17.1 Å². The highest BCUT2D eigenvalue weighted by Gasteiger charge is 2.16. The van der Waals surface area contributed by atoms with Crippen LogP contribution in [0.1, 0.15) is 25.7 Å². The topological polar surface area (TPSA) is 73.6 Å². The quantitative estimate of drug-likeness (QED) is 0.687. The number of sulfone groups is 1. The van der Waals surface area contributed by atoms with Gasteiger partial charge in [0.2, 0.25) is 5.88 Å². The summed E-state index contributed by atoms with van der Waals surface area (Å²) in [7, 11) is -3.21. The molecule has 0 spiro atoms. The number of rotatable bonds is 5. The van der Waals surface area contributed by atoms with Crippen LogP contribution in [0.4, 0.5) is 0 Å². The lowest BCUT2D eigenvalue weighted by Crippen LogP contribution is -2.10. The fraction of sp³-hybridized carbons (Fsp3) is 0.368. The van der Waals surface area contributed by atoms with Crippen LogP contribution in [0.2, 0.25) is 0 Å². The van der Waals surface area contributed by atoms with Gasteiger partial charge in [0.25, 0.3) is 0 Å². The minimum atomic E-state index is -3.21. The normalized spacial score (nSPS) is 15.6. The molecular weight excluding hydrogens is 350 g/mol. The van der Waals surface area contributed by atoms with Gasteiger partial charge in [0.05, 0.1) is 23.4 Å². The van der Waals surface area contributed by atoms with Crippen LogP contribution in [0.25, 0.3) is 16.9 Å². The molecule has 3 aromatic rings. The van der Waals surface area contributed by atoms with Gasteiger partial charge in [-0.2, -0.15) is 0 Å². The van der Waals surface area contributed by atoms with Gasteiger partial charge in [-0.25, -0.2) is 17.9 Å². The van der Waals surface area contributed by atoms with Crippen LogP contribution in [0, 0.1) is 5.92 Å². The summed E-state index contributed by atoms with van der Waals surface area (Å²) in [6, 6.07) is 10.5. The highest BCUT2D eigenvalue weighted by molar-refractivity contribution is 7.90. The molecule has 0 N–H and O–H groups in total. The van der Waals surface area contributed by atoms with E-state index in [-0.39, 0.29) is 0 Å². The number of hydrogen-bond donors (Lipinski definition) is 0. The second kappa shape index (κ2) is 6.72. The Labute approximate surface area is 152 Å². The maximum Gasteiger partial charge on any atom is 0.231 e. The zero-order chi connectivity index (χ0) is 18.1. The molecule has 0 amide bonds. The zero-order valence-electron chi connectivity index (χ0n) is 14.6. The Kier molecular flexibility index (Phi) is 4.40. The first-order chi connectivity index (χ1) is 12.5. The van der Waals surface area contributed by atoms with Crippen molar-refractivity contribution in [2.24, 2.45) is 5.92 Å². The van der Waals surface area contributed by atoms with E-state index in [1.165, 1.54) is 31.9 Å². The Balaban J connectivity index is 1.61. The van der Waals surface area contributed by atoms with Gasteiger partial charge in [-0.3, -0.25) is 0 Å². The Morgan fingerprint density at radius 1 is 1.12 bits per heavy atom. The molecule has 0 atom stereocenters. The Morgan fingerprint density at radius 2 is 1.85 bits per heavy atom. The number of imidazole rings is 1. The third kappa shape index (κ3) is 3.44. The summed E-state index contributed by atoms with van der Waals surface area (Å²) in [5, 5.41) is 4.56. The summed E-state index contributed by atoms with van der Waals surface area (Å²) in [5.74, 6) is 1.20. The van der Waals surface area contributed by atoms with Crippen molar-refractivity contribution < 1.29 is 13.2 Å². The van der Waals surface area contributed by atoms with Crippen LogP contribution < -0.4 is 4.74 Å². The third-order valence-corrected chi connectivity index (χ3v) is 5.99. The van der Waals surface area contributed by atoms with Gasteiger partial charge in [-0.15, -0.1) is 5.10 Å². The van der Waals surface area contributed by atoms with E-state index in [9.17, 15) is 8.42 Å². The molecule has 1 fully saturated rings. The molecule has 2 aromatic heterocycles. The standard InChI is InChI=1S/C19H21N3O3S/c1-26(23,24)16-8-6-15(7-9-16)17-12-20-18-10-11-19(21-22(17)18)25-13-14-4-2-3-5-14/h6-12,14H,2-5,13H2,1H3. The molecule has 136 valence electrons. The second-order valence-electron chi connectivity index (χ2n) is 6.84. The van der Waals surface area contributed by atoms with Crippen LogP contribution >= 0.6 is 0 Å². The lowest BCUT2D eigenvalue weighted by Gasteiger charge is -2.11. The smallest absolute Gasteiger partial charge is 0.231 e. The van der Waals surface area contributed by atoms with Crippen molar-refractivity contribution >= 4 is 15.5 Å². The van der Waals surface area contributed by atoms with Crippen LogP contribution in [0.3, 0.4) is 0 Å². The van der Waals surface area contributed by atoms with Crippen LogP contribution in [-0.2, 0) is 9.84 Å². The molecule has 0 unspecified atom stereocenters. The van der Waals surface area contributed by atoms with E-state index in [0.717, 1.165) is 16.9 Å². The molecular formula is C19H21N3O3S. The number of benzene rings is 1. The lowest BCUT2D eigenvalue weighted by atomic mass is 10.1. The molecule has 6 nitrogen and oxygen atoms in total. The van der Waals surface area contributed by atoms with Crippen LogP contribution in [0.5, 0.6) is 5.88 Å². The number of hydrogen-bond acceptors (Lipinski definition) is 5. The van der Waals surface area contributed by atoms with Crippen molar-refractivity contribution in [3.63, 3.8) is 0 Å². The average Bonchev–Trinajstić information content (AvgIpc) is 3.28. The van der Waals surface area contributed by atoms with E-state index in [1.807, 2.05) is 12.1 Å². The van der Waals surface area contributed by atoms with E-state index in [2.05, 4.69) is 10.1 Å². The SMILES string of the molecule is CS(=O)(=O)c1ccc(-c2cnc3ccc(OCC4CCCC4)nn23)cc1. The maximum absolute atomic E-state index is 11.6. The van der Waals surface area contributed by atoms with E-state index in [4.69, 9.17) is 4.74 Å². The van der Waals surface area contributed by atoms with Gasteiger partial charge in [0.15, 0.2) is 15.5 Å². The molecule has 7 heteroatoms. The molecule has 0 aliphatic heterocycles. The molecule has 26 heavy (non-hydrogen) atoms. The van der Waals surface area contributed by atoms with Crippen molar-refractivity contribution in [1.29, 1.82) is 0 Å². The largest absolute Gasteiger partial charge is 0.476 e. The van der Waals surface area contributed by atoms with Crippen LogP contribution in [-0.4, -0.2) is 35.9 Å². The molecule has 1 aliphatic carbocycles. The van der Waals surface area contributed by atoms with Gasteiger partial charge >= 0.3 is 0 Å². The summed E-state index contributed by atoms with van der Waals surface area (Å²) in [6.45, 7) is 0.700. The second-order valence-corrected chi connectivity index (χ2v) is 8.86. The summed E-state index contributed by atoms with van der Waals surface area (Å²) in [4.78, 5) is 4.67. The first kappa shape index (κ1) is 17.0. The van der Waals surface area contributed by atoms with E-state index in [1.54, 1.807) is 35.0 Å². The van der Waals surface area contributed by atoms with Crippen molar-refractivity contribution in [1.82, 2.24) is 14.6 Å². The molecule has 1 aromatic carbocycles. The Morgan fingerprint density at radius 3 is 2.54 bits per heavy atom. The van der Waals surface area contributed by atoms with Crippen molar-refractivity contribution in [2.75, 3.05) is 12.9 Å². The maximum atomic E-state index is 11.6. The van der Waals surface area contributed by atoms with Gasteiger partial charge < -0.3 is 4.74 Å². The summed E-state index contributed by atoms with van der Waals surface area (Å²) in [6.07, 6.45) is 7.96. The third-order valence-electron chi connectivity index (χ3n) is 4.86. The summed E-state index contributed by atoms with van der Waals surface area (Å²) < 4.78 is 30.9. The predicted octanol–water partition coefficient (Wildman–Crippen LogP) is 3.37. The molecule has 0 bridgehead atoms. The van der Waals surface area contributed by atoms with E-state index in [0.29, 0.717) is 23.3 Å². The lowest BCUT2D eigenvalue weighted by molar-refractivity contribution is 0.240. The van der Waals surface area contributed by atoms with E-state index < -0.39 is 9.84 Å². The molecule has 4 rings (SSSR count). The van der Waals surface area contributed by atoms with Gasteiger partial charge in [0, 0.05) is 17.9 Å². The van der Waals surface area contributed by atoms with Gasteiger partial charge in [0.1, 0.15) is 0 Å². The summed E-state index contributed by atoms with van der Waals surface area (Å²) in [5.41, 5.74) is 2.37. The minimum Gasteiger partial charge on any atom is -0.476 e. The minimum absolute atomic E-state index is 0.295. The monoisotopic (exact) mass is 371 g/mol. The zero-order valence-corrected chi connectivity index (χ0v) is 15.4. The predicted molar refractivity (Wildman–Crippen MR) is 99.0 cm³/mol. The molecule has 0 radical (unpaired) electrons. The van der Waals surface area contributed by atoms with Crippen molar-refractivity contribution in [3.05, 3.63) is 42.6 Å². The highest BCUT2D eigenvalue weighted by atomic mass is 32.2. The van der Waals surface area contributed by atoms with Gasteiger partial charge in [-0.05, 0) is 37.0 Å². The number of fused-ring (bicyclic) bond motifs is 1. The molecule has 1 saturated carbocycles. The molecule has 2 heterocycles. The number of aromatic nitrogens is 3. The van der Waals surface area contributed by atoms with Crippen molar-refractivity contribution in [2.45, 2.75) is 30.6 Å². The Bertz CT molecular complexity index is 1020. The summed E-state index contributed by atoms with van der Waals surface area (Å²) >= 11 is 0. The highest BCUT2D eigenvalue weighted by Crippen LogP contribution is 2.26. The number of nitrogens with zero attached hydrogens (tertiary/aromatic N) is 3. The first-order valence-electron chi connectivity index (χ1n) is 8.79. The fourth-order valence-electron chi connectivity index (χ4n) is 3.38. The van der Waals surface area contributed by atoms with E-state index >= 15 is 0 Å². The molecule has 0 saturated heterocycles. The van der Waals surface area contributed by atoms with Crippen LogP contribution in [0.15, 0.2) is 47.5 Å². The van der Waals surface area contributed by atoms with Gasteiger partial charge in [-0.1, -0.05) is 25.0 Å². The number of ether oxygens (including phenoxy) is 1. The first-order valence-corrected chi connectivity index (χ1v) is 10.7. The fourth-order valence-corrected chi connectivity index (χ4v) is 4.01.